The van der Waals surface area contributed by atoms with Crippen LogP contribution in [0.3, 0.4) is 0 Å². The second-order valence-corrected chi connectivity index (χ2v) is 6.57. The van der Waals surface area contributed by atoms with E-state index >= 15 is 0 Å². The van der Waals surface area contributed by atoms with Gasteiger partial charge in [-0.25, -0.2) is 5.01 Å². The first kappa shape index (κ1) is 19.3. The molecule has 3 rings (SSSR count). The number of aromatic nitrogens is 1. The lowest BCUT2D eigenvalue weighted by Crippen LogP contribution is -2.28. The van der Waals surface area contributed by atoms with Crippen LogP contribution in [0.4, 0.5) is 0 Å². The van der Waals surface area contributed by atoms with Crippen LogP contribution in [-0.2, 0) is 22.7 Å². The van der Waals surface area contributed by atoms with Crippen molar-refractivity contribution in [2.45, 2.75) is 26.9 Å². The van der Waals surface area contributed by atoms with Crippen molar-refractivity contribution in [1.29, 1.82) is 0 Å². The van der Waals surface area contributed by atoms with Gasteiger partial charge in [0.15, 0.2) is 0 Å². The van der Waals surface area contributed by atoms with Crippen LogP contribution in [0.5, 0.6) is 0 Å². The molecule has 2 N–H and O–H groups in total. The highest BCUT2D eigenvalue weighted by molar-refractivity contribution is 6.29. The Hall–Kier alpha value is -3.48. The largest absolute Gasteiger partial charge is 0.481 e. The molecule has 0 radical (unpaired) electrons. The Morgan fingerprint density at radius 2 is 1.89 bits per heavy atom. The number of allylic oxidation sites excluding steroid dienone is 1. The predicted octanol–water partition coefficient (Wildman–Crippen LogP) is 2.56. The van der Waals surface area contributed by atoms with E-state index < -0.39 is 11.9 Å². The fourth-order valence-electron chi connectivity index (χ4n) is 2.91. The van der Waals surface area contributed by atoms with Gasteiger partial charge in [0, 0.05) is 11.9 Å². The fraction of sp³-hybridized carbons (Fsp3) is 0.238. The molecule has 0 fully saturated rings. The van der Waals surface area contributed by atoms with Gasteiger partial charge in [-0.2, -0.15) is 5.10 Å². The summed E-state index contributed by atoms with van der Waals surface area (Å²) in [4.78, 5) is 28.8. The van der Waals surface area contributed by atoms with Gasteiger partial charge in [0.05, 0.1) is 36.0 Å². The Morgan fingerprint density at radius 1 is 1.18 bits per heavy atom. The Bertz CT molecular complexity index is 923. The number of carboxylic acid groups (broad SMARTS) is 1. The summed E-state index contributed by atoms with van der Waals surface area (Å²) in [5, 5.41) is 18.3. The first-order valence-corrected chi connectivity index (χ1v) is 8.99. The van der Waals surface area contributed by atoms with E-state index in [2.05, 4.69) is 15.4 Å². The third-order valence-electron chi connectivity index (χ3n) is 4.52. The normalized spacial score (nSPS) is 16.6. The molecule has 7 heteroatoms. The molecular formula is C21H22N4O3. The summed E-state index contributed by atoms with van der Waals surface area (Å²) >= 11 is 0. The lowest BCUT2D eigenvalue weighted by molar-refractivity contribution is -0.138. The van der Waals surface area contributed by atoms with Gasteiger partial charge in [-0.15, -0.1) is 0 Å². The number of benzene rings is 1. The van der Waals surface area contributed by atoms with Crippen molar-refractivity contribution in [3.8, 4) is 0 Å². The van der Waals surface area contributed by atoms with Crippen LogP contribution in [0.15, 0.2) is 71.1 Å². The zero-order valence-corrected chi connectivity index (χ0v) is 15.8. The Balaban J connectivity index is 1.87. The number of aliphatic carboxylic acids is 1. The molecule has 0 saturated heterocycles. The van der Waals surface area contributed by atoms with Gasteiger partial charge in [0.1, 0.15) is 0 Å². The average Bonchev–Trinajstić information content (AvgIpc) is 3.03. The van der Waals surface area contributed by atoms with Gasteiger partial charge in [0.25, 0.3) is 5.91 Å². The summed E-state index contributed by atoms with van der Waals surface area (Å²) in [7, 11) is 0. The molecule has 1 aromatic carbocycles. The maximum absolute atomic E-state index is 13.0. The molecule has 7 nitrogen and oxygen atoms in total. The van der Waals surface area contributed by atoms with Gasteiger partial charge in [0.2, 0.25) is 0 Å². The Labute approximate surface area is 163 Å². The SMILES string of the molecule is C/C(NCc1ccccn1)=C1\C(=O)N(Cc2ccccc2)N=C1C(C)C(=O)O. The second-order valence-electron chi connectivity index (χ2n) is 6.57. The summed E-state index contributed by atoms with van der Waals surface area (Å²) in [5.74, 6) is -2.23. The van der Waals surface area contributed by atoms with E-state index in [1.165, 1.54) is 11.9 Å². The molecule has 0 spiro atoms. The van der Waals surface area contributed by atoms with Crippen molar-refractivity contribution in [3.05, 3.63) is 77.3 Å². The molecule has 1 aromatic heterocycles. The zero-order chi connectivity index (χ0) is 20.1. The van der Waals surface area contributed by atoms with Crippen molar-refractivity contribution < 1.29 is 14.7 Å². The van der Waals surface area contributed by atoms with E-state index in [1.807, 2.05) is 48.5 Å². The predicted molar refractivity (Wildman–Crippen MR) is 105 cm³/mol. The van der Waals surface area contributed by atoms with Gasteiger partial charge in [-0.1, -0.05) is 36.4 Å². The number of amides is 1. The number of carbonyl (C=O) groups excluding carboxylic acids is 1. The second kappa shape index (κ2) is 8.47. The smallest absolute Gasteiger partial charge is 0.312 e. The summed E-state index contributed by atoms with van der Waals surface area (Å²) in [6.45, 7) is 4.00. The number of pyridine rings is 1. The van der Waals surface area contributed by atoms with Gasteiger partial charge < -0.3 is 10.4 Å². The molecule has 1 atom stereocenters. The molecule has 0 bridgehead atoms. The minimum absolute atomic E-state index is 0.263. The Kier molecular flexibility index (Phi) is 5.84. The van der Waals surface area contributed by atoms with E-state index in [0.29, 0.717) is 17.8 Å². The third-order valence-corrected chi connectivity index (χ3v) is 4.52. The highest BCUT2D eigenvalue weighted by atomic mass is 16.4. The molecule has 0 saturated carbocycles. The van der Waals surface area contributed by atoms with Crippen LogP contribution in [0.25, 0.3) is 0 Å². The van der Waals surface area contributed by atoms with E-state index in [1.54, 1.807) is 13.1 Å². The number of hydrogen-bond donors (Lipinski definition) is 2. The quantitative estimate of drug-likeness (QED) is 0.722. The highest BCUT2D eigenvalue weighted by Gasteiger charge is 2.37. The molecule has 1 aliphatic rings. The van der Waals surface area contributed by atoms with Crippen molar-refractivity contribution in [2.75, 3.05) is 0 Å². The van der Waals surface area contributed by atoms with Crippen molar-refractivity contribution in [2.24, 2.45) is 11.0 Å². The van der Waals surface area contributed by atoms with E-state index in [-0.39, 0.29) is 18.2 Å². The molecule has 1 amide bonds. The maximum Gasteiger partial charge on any atom is 0.312 e. The first-order valence-electron chi connectivity index (χ1n) is 8.99. The standard InChI is InChI=1S/C21H22N4O3/c1-14(21(27)28)19-18(15(2)23-12-17-10-6-7-11-22-17)20(26)25(24-19)13-16-8-4-3-5-9-16/h3-11,14,23H,12-13H2,1-2H3,(H,27,28)/b18-15+. The van der Waals surface area contributed by atoms with Crippen LogP contribution in [-0.4, -0.2) is 32.7 Å². The number of nitrogens with zero attached hydrogens (tertiary/aromatic N) is 3. The lowest BCUT2D eigenvalue weighted by Gasteiger charge is -2.13. The van der Waals surface area contributed by atoms with Gasteiger partial charge >= 0.3 is 5.97 Å². The summed E-state index contributed by atoms with van der Waals surface area (Å²) in [5.41, 5.74) is 2.89. The van der Waals surface area contributed by atoms with Crippen molar-refractivity contribution >= 4 is 17.6 Å². The minimum Gasteiger partial charge on any atom is -0.481 e. The van der Waals surface area contributed by atoms with Crippen LogP contribution in [0.2, 0.25) is 0 Å². The topological polar surface area (TPSA) is 94.9 Å². The average molecular weight is 378 g/mol. The zero-order valence-electron chi connectivity index (χ0n) is 15.8. The van der Waals surface area contributed by atoms with Crippen LogP contribution in [0.1, 0.15) is 25.1 Å². The summed E-state index contributed by atoms with van der Waals surface area (Å²) in [6, 6.07) is 15.1. The minimum atomic E-state index is -1.02. The van der Waals surface area contributed by atoms with Gasteiger partial charge in [-0.05, 0) is 31.5 Å². The highest BCUT2D eigenvalue weighted by Crippen LogP contribution is 2.24. The molecule has 28 heavy (non-hydrogen) atoms. The molecule has 1 unspecified atom stereocenters. The van der Waals surface area contributed by atoms with E-state index in [0.717, 1.165) is 11.3 Å². The van der Waals surface area contributed by atoms with Crippen LogP contribution < -0.4 is 5.32 Å². The van der Waals surface area contributed by atoms with E-state index in [9.17, 15) is 14.7 Å². The number of hydrazone groups is 1. The molecule has 2 heterocycles. The fourth-order valence-corrected chi connectivity index (χ4v) is 2.91. The first-order chi connectivity index (χ1) is 13.5. The number of carboxylic acids is 1. The van der Waals surface area contributed by atoms with Gasteiger partial charge in [-0.3, -0.25) is 14.6 Å². The van der Waals surface area contributed by atoms with Crippen LogP contribution >= 0.6 is 0 Å². The van der Waals surface area contributed by atoms with Crippen LogP contribution in [0, 0.1) is 5.92 Å². The number of nitrogens with one attached hydrogen (secondary N) is 1. The molecule has 1 aliphatic heterocycles. The van der Waals surface area contributed by atoms with E-state index in [4.69, 9.17) is 0 Å². The molecule has 144 valence electrons. The maximum atomic E-state index is 13.0. The third kappa shape index (κ3) is 4.25. The summed E-state index contributed by atoms with van der Waals surface area (Å²) in [6.07, 6.45) is 1.70. The Morgan fingerprint density at radius 3 is 2.54 bits per heavy atom. The number of hydrogen-bond acceptors (Lipinski definition) is 5. The monoisotopic (exact) mass is 378 g/mol. The van der Waals surface area contributed by atoms with Crippen molar-refractivity contribution in [3.63, 3.8) is 0 Å². The number of carbonyl (C=O) groups is 2. The summed E-state index contributed by atoms with van der Waals surface area (Å²) < 4.78 is 0. The number of rotatable bonds is 7. The molecular weight excluding hydrogens is 356 g/mol. The van der Waals surface area contributed by atoms with Crippen molar-refractivity contribution in [1.82, 2.24) is 15.3 Å². The molecule has 2 aromatic rings. The lowest BCUT2D eigenvalue weighted by atomic mass is 9.97. The molecule has 0 aliphatic carbocycles.